The molecule has 0 radical (unpaired) electrons. The highest BCUT2D eigenvalue weighted by atomic mass is 16.3. The van der Waals surface area contributed by atoms with Crippen molar-refractivity contribution in [3.05, 3.63) is 47.1 Å². The Labute approximate surface area is 112 Å². The number of carbonyl (C=O) groups excluding carboxylic acids is 1. The van der Waals surface area contributed by atoms with E-state index < -0.39 is 0 Å². The number of amides is 1. The Balaban J connectivity index is 2.02. The Morgan fingerprint density at radius 1 is 1.47 bits per heavy atom. The van der Waals surface area contributed by atoms with Gasteiger partial charge in [-0.2, -0.15) is 0 Å². The van der Waals surface area contributed by atoms with E-state index in [2.05, 4.69) is 23.5 Å². The van der Waals surface area contributed by atoms with Crippen molar-refractivity contribution in [3.8, 4) is 5.75 Å². The standard InChI is InChI=1S/C16H17NO2/c1-2-15(19)17-12-8-11-5-3-4-10-6-7-14(18)13(9-12)16(10)11/h3,5-8,12,18H,2,4,9H2,1H3,(H,17,19). The summed E-state index contributed by atoms with van der Waals surface area (Å²) in [5.41, 5.74) is 4.48. The Morgan fingerprint density at radius 2 is 2.32 bits per heavy atom. The van der Waals surface area contributed by atoms with E-state index >= 15 is 0 Å². The number of allylic oxidation sites excluding steroid dienone is 3. The minimum Gasteiger partial charge on any atom is -0.508 e. The average molecular weight is 255 g/mol. The monoisotopic (exact) mass is 255 g/mol. The first-order valence-electron chi connectivity index (χ1n) is 6.71. The smallest absolute Gasteiger partial charge is 0.220 e. The summed E-state index contributed by atoms with van der Waals surface area (Å²) >= 11 is 0. The predicted molar refractivity (Wildman–Crippen MR) is 74.9 cm³/mol. The van der Waals surface area contributed by atoms with Gasteiger partial charge >= 0.3 is 0 Å². The fraction of sp³-hybridized carbons (Fsp3) is 0.312. The van der Waals surface area contributed by atoms with Gasteiger partial charge in [-0.15, -0.1) is 0 Å². The molecule has 19 heavy (non-hydrogen) atoms. The zero-order chi connectivity index (χ0) is 13.4. The lowest BCUT2D eigenvalue weighted by Crippen LogP contribution is -2.36. The molecule has 0 saturated carbocycles. The molecule has 0 aromatic heterocycles. The Bertz CT molecular complexity index is 599. The minimum absolute atomic E-state index is 0.0288. The van der Waals surface area contributed by atoms with Crippen LogP contribution in [-0.4, -0.2) is 17.1 Å². The predicted octanol–water partition coefficient (Wildman–Crippen LogP) is 2.34. The number of benzene rings is 1. The third kappa shape index (κ3) is 2.05. The first-order chi connectivity index (χ1) is 9.19. The van der Waals surface area contributed by atoms with E-state index in [1.54, 1.807) is 6.07 Å². The van der Waals surface area contributed by atoms with Gasteiger partial charge in [-0.3, -0.25) is 4.79 Å². The molecule has 2 aliphatic rings. The van der Waals surface area contributed by atoms with Crippen LogP contribution in [0.2, 0.25) is 0 Å². The quantitative estimate of drug-likeness (QED) is 0.852. The van der Waals surface area contributed by atoms with Crippen molar-refractivity contribution >= 4 is 11.5 Å². The third-order valence-corrected chi connectivity index (χ3v) is 3.77. The molecule has 0 fully saturated rings. The normalized spacial score (nSPS) is 19.6. The number of hydrogen-bond acceptors (Lipinski definition) is 2. The summed E-state index contributed by atoms with van der Waals surface area (Å²) in [4.78, 5) is 11.5. The summed E-state index contributed by atoms with van der Waals surface area (Å²) in [7, 11) is 0. The molecule has 1 unspecified atom stereocenters. The summed E-state index contributed by atoms with van der Waals surface area (Å²) in [6, 6.07) is 3.71. The average Bonchev–Trinajstić information content (AvgIpc) is 2.42. The topological polar surface area (TPSA) is 49.3 Å². The fourth-order valence-corrected chi connectivity index (χ4v) is 2.85. The van der Waals surface area contributed by atoms with Gasteiger partial charge in [0.05, 0.1) is 6.04 Å². The summed E-state index contributed by atoms with van der Waals surface area (Å²) in [6.07, 6.45) is 8.35. The van der Waals surface area contributed by atoms with E-state index in [4.69, 9.17) is 0 Å². The molecule has 1 aromatic carbocycles. The maximum Gasteiger partial charge on any atom is 0.220 e. The SMILES string of the molecule is CCC(=O)NC1C=C2C=CCc3ccc(O)c(c32)C1. The summed E-state index contributed by atoms with van der Waals surface area (Å²) in [5, 5.41) is 13.0. The Morgan fingerprint density at radius 3 is 3.11 bits per heavy atom. The number of aromatic hydroxyl groups is 1. The van der Waals surface area contributed by atoms with Crippen molar-refractivity contribution in [2.24, 2.45) is 0 Å². The van der Waals surface area contributed by atoms with Gasteiger partial charge in [0.2, 0.25) is 5.91 Å². The Hall–Kier alpha value is -2.03. The van der Waals surface area contributed by atoms with Gasteiger partial charge in [0.15, 0.2) is 0 Å². The molecule has 1 amide bonds. The third-order valence-electron chi connectivity index (χ3n) is 3.77. The van der Waals surface area contributed by atoms with Gasteiger partial charge in [-0.25, -0.2) is 0 Å². The fourth-order valence-electron chi connectivity index (χ4n) is 2.85. The lowest BCUT2D eigenvalue weighted by molar-refractivity contribution is -0.121. The number of nitrogens with one attached hydrogen (secondary N) is 1. The second-order valence-electron chi connectivity index (χ2n) is 5.06. The molecule has 2 aliphatic carbocycles. The molecule has 2 N–H and O–H groups in total. The van der Waals surface area contributed by atoms with E-state index in [0.717, 1.165) is 23.1 Å². The summed E-state index contributed by atoms with van der Waals surface area (Å²) in [5.74, 6) is 0.371. The van der Waals surface area contributed by atoms with E-state index in [1.807, 2.05) is 13.0 Å². The van der Waals surface area contributed by atoms with Crippen LogP contribution in [0.1, 0.15) is 30.0 Å². The van der Waals surface area contributed by atoms with Crippen LogP contribution in [0, 0.1) is 0 Å². The zero-order valence-corrected chi connectivity index (χ0v) is 10.9. The van der Waals surface area contributed by atoms with Crippen molar-refractivity contribution in [1.82, 2.24) is 5.32 Å². The first kappa shape index (κ1) is 12.0. The minimum atomic E-state index is -0.0288. The van der Waals surface area contributed by atoms with Crippen molar-refractivity contribution in [1.29, 1.82) is 0 Å². The highest BCUT2D eigenvalue weighted by molar-refractivity contribution is 5.84. The van der Waals surface area contributed by atoms with E-state index in [9.17, 15) is 9.90 Å². The Kier molecular flexibility index (Phi) is 2.90. The summed E-state index contributed by atoms with van der Waals surface area (Å²) < 4.78 is 0. The molecule has 3 rings (SSSR count). The lowest BCUT2D eigenvalue weighted by atomic mass is 9.81. The van der Waals surface area contributed by atoms with Gasteiger partial charge in [0.25, 0.3) is 0 Å². The summed E-state index contributed by atoms with van der Waals surface area (Å²) in [6.45, 7) is 1.84. The maximum absolute atomic E-state index is 11.5. The van der Waals surface area contributed by atoms with Gasteiger partial charge in [0.1, 0.15) is 5.75 Å². The number of carbonyl (C=O) groups is 1. The van der Waals surface area contributed by atoms with Gasteiger partial charge in [0, 0.05) is 18.4 Å². The molecule has 0 spiro atoms. The molecule has 0 bridgehead atoms. The van der Waals surface area contributed by atoms with Crippen molar-refractivity contribution in [2.75, 3.05) is 0 Å². The van der Waals surface area contributed by atoms with Crippen molar-refractivity contribution in [2.45, 2.75) is 32.2 Å². The van der Waals surface area contributed by atoms with Crippen molar-refractivity contribution in [3.63, 3.8) is 0 Å². The van der Waals surface area contributed by atoms with Crippen LogP contribution in [0.5, 0.6) is 5.75 Å². The zero-order valence-electron chi connectivity index (χ0n) is 10.9. The van der Waals surface area contributed by atoms with E-state index in [-0.39, 0.29) is 11.9 Å². The molecule has 3 nitrogen and oxygen atoms in total. The van der Waals surface area contributed by atoms with Crippen LogP contribution in [0.4, 0.5) is 0 Å². The van der Waals surface area contributed by atoms with Crippen LogP contribution >= 0.6 is 0 Å². The van der Waals surface area contributed by atoms with Crippen LogP contribution in [0.25, 0.3) is 5.57 Å². The number of hydrogen-bond donors (Lipinski definition) is 2. The molecular weight excluding hydrogens is 238 g/mol. The van der Waals surface area contributed by atoms with E-state index in [1.165, 1.54) is 5.56 Å². The lowest BCUT2D eigenvalue weighted by Gasteiger charge is -2.28. The molecule has 3 heteroatoms. The van der Waals surface area contributed by atoms with Gasteiger partial charge < -0.3 is 10.4 Å². The number of phenolic OH excluding ortho intramolecular Hbond substituents is 1. The molecule has 0 saturated heterocycles. The highest BCUT2D eigenvalue weighted by Crippen LogP contribution is 2.38. The largest absolute Gasteiger partial charge is 0.508 e. The number of phenols is 1. The molecule has 1 aromatic rings. The first-order valence-corrected chi connectivity index (χ1v) is 6.71. The van der Waals surface area contributed by atoms with Crippen LogP contribution in [-0.2, 0) is 17.6 Å². The second kappa shape index (κ2) is 4.57. The van der Waals surface area contributed by atoms with Crippen molar-refractivity contribution < 1.29 is 9.90 Å². The second-order valence-corrected chi connectivity index (χ2v) is 5.06. The van der Waals surface area contributed by atoms with Crippen LogP contribution in [0.3, 0.4) is 0 Å². The highest BCUT2D eigenvalue weighted by Gasteiger charge is 2.25. The number of rotatable bonds is 2. The molecule has 0 aliphatic heterocycles. The molecule has 1 atom stereocenters. The van der Waals surface area contributed by atoms with Gasteiger partial charge in [-0.1, -0.05) is 31.2 Å². The molecule has 0 heterocycles. The molecule has 98 valence electrons. The van der Waals surface area contributed by atoms with Crippen LogP contribution < -0.4 is 5.32 Å². The maximum atomic E-state index is 11.5. The van der Waals surface area contributed by atoms with E-state index in [0.29, 0.717) is 18.6 Å². The van der Waals surface area contributed by atoms with Gasteiger partial charge in [-0.05, 0) is 29.2 Å². The van der Waals surface area contributed by atoms with Crippen LogP contribution in [0.15, 0.2) is 30.4 Å². The molecular formula is C16H17NO2.